The van der Waals surface area contributed by atoms with Crippen molar-refractivity contribution in [3.05, 3.63) is 0 Å². The number of hydrogen-bond acceptors (Lipinski definition) is 4. The van der Waals surface area contributed by atoms with Gasteiger partial charge < -0.3 is 15.8 Å². The van der Waals surface area contributed by atoms with Crippen molar-refractivity contribution in [2.45, 2.75) is 32.7 Å². The van der Waals surface area contributed by atoms with Gasteiger partial charge >= 0.3 is 5.97 Å². The van der Waals surface area contributed by atoms with E-state index in [9.17, 15) is 9.59 Å². The van der Waals surface area contributed by atoms with Gasteiger partial charge in [0.15, 0.2) is 0 Å². The number of nitrogens with one attached hydrogen (secondary N) is 1. The summed E-state index contributed by atoms with van der Waals surface area (Å²) in [6, 6.07) is 0.00778. The molecule has 5 nitrogen and oxygen atoms in total. The lowest BCUT2D eigenvalue weighted by Gasteiger charge is -2.11. The molecule has 1 atom stereocenters. The van der Waals surface area contributed by atoms with E-state index in [1.165, 1.54) is 0 Å². The second-order valence-corrected chi connectivity index (χ2v) is 3.08. The molecule has 3 N–H and O–H groups in total. The Morgan fingerprint density at radius 1 is 1.50 bits per heavy atom. The zero-order valence-corrected chi connectivity index (χ0v) is 8.71. The summed E-state index contributed by atoms with van der Waals surface area (Å²) in [6.07, 6.45) is 0.597. The van der Waals surface area contributed by atoms with Crippen LogP contribution in [0.3, 0.4) is 0 Å². The molecule has 5 heteroatoms. The summed E-state index contributed by atoms with van der Waals surface area (Å²) in [4.78, 5) is 21.4. The van der Waals surface area contributed by atoms with Crippen molar-refractivity contribution in [3.8, 4) is 0 Å². The van der Waals surface area contributed by atoms with Crippen molar-refractivity contribution in [1.29, 1.82) is 0 Å². The van der Waals surface area contributed by atoms with E-state index in [4.69, 9.17) is 10.5 Å². The van der Waals surface area contributed by atoms with Crippen LogP contribution in [-0.2, 0) is 14.3 Å². The number of rotatable bonds is 7. The lowest BCUT2D eigenvalue weighted by Crippen LogP contribution is -2.32. The molecule has 0 saturated heterocycles. The monoisotopic (exact) mass is 202 g/mol. The van der Waals surface area contributed by atoms with Gasteiger partial charge in [0.05, 0.1) is 13.0 Å². The highest BCUT2D eigenvalue weighted by Gasteiger charge is 2.08. The Balaban J connectivity index is 3.49. The fraction of sp³-hybridized carbons (Fsp3) is 0.778. The van der Waals surface area contributed by atoms with Gasteiger partial charge in [-0.15, -0.1) is 0 Å². The minimum Gasteiger partial charge on any atom is -0.466 e. The third kappa shape index (κ3) is 7.54. The maximum atomic E-state index is 11.0. The van der Waals surface area contributed by atoms with E-state index in [0.717, 1.165) is 0 Å². The quantitative estimate of drug-likeness (QED) is 0.560. The molecule has 1 unspecified atom stereocenters. The lowest BCUT2D eigenvalue weighted by molar-refractivity contribution is -0.143. The molecule has 0 radical (unpaired) electrons. The Morgan fingerprint density at radius 2 is 2.14 bits per heavy atom. The molecule has 0 rings (SSSR count). The molecule has 0 aromatic rings. The largest absolute Gasteiger partial charge is 0.466 e. The van der Waals surface area contributed by atoms with E-state index in [0.29, 0.717) is 19.6 Å². The van der Waals surface area contributed by atoms with Crippen LogP contribution in [0.1, 0.15) is 26.7 Å². The molecule has 1 amide bonds. The highest BCUT2D eigenvalue weighted by Crippen LogP contribution is 1.93. The third-order valence-corrected chi connectivity index (χ3v) is 1.64. The maximum absolute atomic E-state index is 11.0. The fourth-order valence-corrected chi connectivity index (χ4v) is 0.984. The first-order chi connectivity index (χ1) is 6.56. The molecule has 0 aliphatic heterocycles. The summed E-state index contributed by atoms with van der Waals surface area (Å²) in [5, 5.41) is 3.00. The van der Waals surface area contributed by atoms with Crippen molar-refractivity contribution in [3.63, 3.8) is 0 Å². The van der Waals surface area contributed by atoms with Gasteiger partial charge in [0.25, 0.3) is 0 Å². The average molecular weight is 202 g/mol. The lowest BCUT2D eigenvalue weighted by atomic mass is 10.2. The van der Waals surface area contributed by atoms with E-state index in [1.807, 2.05) is 6.92 Å². The molecule has 0 aliphatic carbocycles. The van der Waals surface area contributed by atoms with Gasteiger partial charge in [0.2, 0.25) is 5.91 Å². The van der Waals surface area contributed by atoms with Gasteiger partial charge in [-0.05, 0) is 13.8 Å². The van der Waals surface area contributed by atoms with Crippen LogP contribution in [0.2, 0.25) is 0 Å². The van der Waals surface area contributed by atoms with Gasteiger partial charge in [-0.25, -0.2) is 0 Å². The second kappa shape index (κ2) is 7.32. The molecule has 0 bridgehead atoms. The zero-order valence-electron chi connectivity index (χ0n) is 8.71. The molecule has 0 aromatic heterocycles. The van der Waals surface area contributed by atoms with Gasteiger partial charge in [-0.3, -0.25) is 9.59 Å². The molecule has 0 aromatic carbocycles. The van der Waals surface area contributed by atoms with Crippen LogP contribution in [0.15, 0.2) is 0 Å². The minimum atomic E-state index is -0.346. The van der Waals surface area contributed by atoms with E-state index in [2.05, 4.69) is 5.32 Å². The summed E-state index contributed by atoms with van der Waals surface area (Å²) in [7, 11) is 0. The van der Waals surface area contributed by atoms with Crippen LogP contribution in [-0.4, -0.2) is 31.1 Å². The van der Waals surface area contributed by atoms with E-state index in [1.54, 1.807) is 6.92 Å². The number of amides is 1. The normalized spacial score (nSPS) is 12.1. The summed E-state index contributed by atoms with van der Waals surface area (Å²) in [5.74, 6) is -0.576. The van der Waals surface area contributed by atoms with Gasteiger partial charge in [0, 0.05) is 19.0 Å². The molecule has 14 heavy (non-hydrogen) atoms. The smallest absolute Gasteiger partial charge is 0.307 e. The van der Waals surface area contributed by atoms with Crippen LogP contribution >= 0.6 is 0 Å². The standard InChI is InChI=1S/C9H18N2O3/c1-3-14-9(13)6-7(2)11-5-4-8(10)12/h7,11H,3-6H2,1-2H3,(H2,10,12). The first kappa shape index (κ1) is 12.9. The molecule has 0 aliphatic rings. The number of carbonyl (C=O) groups excluding carboxylic acids is 2. The molecular weight excluding hydrogens is 184 g/mol. The van der Waals surface area contributed by atoms with Crippen LogP contribution < -0.4 is 11.1 Å². The van der Waals surface area contributed by atoms with Crippen LogP contribution in [0.25, 0.3) is 0 Å². The molecule has 0 fully saturated rings. The predicted octanol–water partition coefficient (Wildman–Crippen LogP) is -0.207. The number of ether oxygens (including phenoxy) is 1. The third-order valence-electron chi connectivity index (χ3n) is 1.64. The number of nitrogens with two attached hydrogens (primary N) is 1. The summed E-state index contributed by atoms with van der Waals surface area (Å²) >= 11 is 0. The predicted molar refractivity (Wildman–Crippen MR) is 52.5 cm³/mol. The molecule has 0 spiro atoms. The number of hydrogen-bond donors (Lipinski definition) is 2. The molecule has 82 valence electrons. The van der Waals surface area contributed by atoms with E-state index in [-0.39, 0.29) is 24.3 Å². The Labute approximate surface area is 84.0 Å². The van der Waals surface area contributed by atoms with Crippen molar-refractivity contribution < 1.29 is 14.3 Å². The Hall–Kier alpha value is -1.10. The second-order valence-electron chi connectivity index (χ2n) is 3.08. The van der Waals surface area contributed by atoms with Gasteiger partial charge in [-0.2, -0.15) is 0 Å². The van der Waals surface area contributed by atoms with E-state index >= 15 is 0 Å². The fourth-order valence-electron chi connectivity index (χ4n) is 0.984. The van der Waals surface area contributed by atoms with Crippen LogP contribution in [0, 0.1) is 0 Å². The van der Waals surface area contributed by atoms with E-state index < -0.39 is 0 Å². The van der Waals surface area contributed by atoms with Crippen LogP contribution in [0.4, 0.5) is 0 Å². The first-order valence-corrected chi connectivity index (χ1v) is 4.73. The Bertz CT molecular complexity index is 194. The van der Waals surface area contributed by atoms with Crippen molar-refractivity contribution in [2.24, 2.45) is 5.73 Å². The first-order valence-electron chi connectivity index (χ1n) is 4.73. The zero-order chi connectivity index (χ0) is 11.0. The number of carbonyl (C=O) groups is 2. The summed E-state index contributed by atoms with van der Waals surface area (Å²) in [5.41, 5.74) is 4.96. The number of primary amides is 1. The highest BCUT2D eigenvalue weighted by atomic mass is 16.5. The average Bonchev–Trinajstić information content (AvgIpc) is 2.03. The van der Waals surface area contributed by atoms with Crippen molar-refractivity contribution in [1.82, 2.24) is 5.32 Å². The molecule has 0 saturated carbocycles. The Morgan fingerprint density at radius 3 is 2.64 bits per heavy atom. The topological polar surface area (TPSA) is 81.4 Å². The maximum Gasteiger partial charge on any atom is 0.307 e. The van der Waals surface area contributed by atoms with Crippen molar-refractivity contribution >= 4 is 11.9 Å². The summed E-state index contributed by atoms with van der Waals surface area (Å²) < 4.78 is 4.77. The van der Waals surface area contributed by atoms with Crippen molar-refractivity contribution in [2.75, 3.05) is 13.2 Å². The highest BCUT2D eigenvalue weighted by molar-refractivity contribution is 5.74. The minimum absolute atomic E-state index is 0.00778. The summed E-state index contributed by atoms with van der Waals surface area (Å²) in [6.45, 7) is 4.52. The molecule has 0 heterocycles. The SMILES string of the molecule is CCOC(=O)CC(C)NCCC(N)=O. The van der Waals surface area contributed by atoms with Gasteiger partial charge in [-0.1, -0.05) is 0 Å². The number of esters is 1. The molecular formula is C9H18N2O3. The van der Waals surface area contributed by atoms with Gasteiger partial charge in [0.1, 0.15) is 0 Å². The Kier molecular flexibility index (Phi) is 6.74. The van der Waals surface area contributed by atoms with Crippen LogP contribution in [0.5, 0.6) is 0 Å².